The predicted molar refractivity (Wildman–Crippen MR) is 132 cm³/mol. The van der Waals surface area contributed by atoms with Gasteiger partial charge in [0.05, 0.1) is 26.2 Å². The van der Waals surface area contributed by atoms with E-state index in [1.165, 1.54) is 14.2 Å². The molecule has 1 saturated carbocycles. The number of halogens is 2. The van der Waals surface area contributed by atoms with Crippen molar-refractivity contribution in [3.05, 3.63) is 70.9 Å². The summed E-state index contributed by atoms with van der Waals surface area (Å²) in [7, 11) is 2.55. The van der Waals surface area contributed by atoms with Gasteiger partial charge in [-0.2, -0.15) is 0 Å². The van der Waals surface area contributed by atoms with Crippen molar-refractivity contribution in [2.75, 3.05) is 45.4 Å². The van der Waals surface area contributed by atoms with E-state index in [0.29, 0.717) is 18.5 Å². The van der Waals surface area contributed by atoms with Crippen LogP contribution < -0.4 is 14.4 Å². The Hall–Kier alpha value is -2.29. The van der Waals surface area contributed by atoms with E-state index in [1.54, 1.807) is 24.7 Å². The van der Waals surface area contributed by atoms with E-state index in [2.05, 4.69) is 21.4 Å². The van der Waals surface area contributed by atoms with E-state index in [0.717, 1.165) is 54.0 Å². The summed E-state index contributed by atoms with van der Waals surface area (Å²) in [5, 5.41) is 4.05. The van der Waals surface area contributed by atoms with Crippen LogP contribution in [0.15, 0.2) is 36.8 Å². The van der Waals surface area contributed by atoms with E-state index in [-0.39, 0.29) is 64.3 Å². The summed E-state index contributed by atoms with van der Waals surface area (Å²) >= 11 is 0. The van der Waals surface area contributed by atoms with Crippen LogP contribution >= 0.6 is 0 Å². The summed E-state index contributed by atoms with van der Waals surface area (Å²) in [6.45, 7) is 3.46. The van der Waals surface area contributed by atoms with E-state index < -0.39 is 22.7 Å². The zero-order valence-corrected chi connectivity index (χ0v) is 23.6. The molecular weight excluding hydrogens is 633 g/mol. The standard InChI is InChI=1S/C23H18F2N3O3.C4H8NO.Sm/c1-30-17-9-18(31-2)20(25)21(19(17)24)28-12-14-11-27-16(13-4-3-7-26-10-13)8-15(14)23(5-6-23)22(28)29;1-3-6-4-2-5-1;/h4,7-11H,5-6,12H2,1-2H3;1-4H2;/q2*-1;. The fraction of sp³-hybridized carbons (Fsp3) is 0.370. The van der Waals surface area contributed by atoms with Crippen molar-refractivity contribution in [3.63, 3.8) is 0 Å². The zero-order valence-electron chi connectivity index (χ0n) is 21.0. The summed E-state index contributed by atoms with van der Waals surface area (Å²) < 4.78 is 45.2. The van der Waals surface area contributed by atoms with Crippen molar-refractivity contribution >= 4 is 11.6 Å². The largest absolute Gasteiger partial charge is 0.659 e. The molecule has 1 amide bonds. The number of hydrogen-bond acceptors (Lipinski definition) is 6. The molecule has 11 heteroatoms. The second-order valence-corrected chi connectivity index (χ2v) is 8.91. The minimum absolute atomic E-state index is 0. The number of carbonyl (C=O) groups is 1. The molecule has 1 aliphatic carbocycles. The van der Waals surface area contributed by atoms with Gasteiger partial charge >= 0.3 is 0 Å². The minimum Gasteiger partial charge on any atom is -0.659 e. The van der Waals surface area contributed by atoms with Gasteiger partial charge in [0.1, 0.15) is 5.69 Å². The molecule has 2 aromatic heterocycles. The molecule has 38 heavy (non-hydrogen) atoms. The molecule has 0 radical (unpaired) electrons. The fourth-order valence-corrected chi connectivity index (χ4v) is 4.66. The third-order valence-corrected chi connectivity index (χ3v) is 6.74. The third kappa shape index (κ3) is 5.40. The quantitative estimate of drug-likeness (QED) is 0.391. The second-order valence-electron chi connectivity index (χ2n) is 8.91. The summed E-state index contributed by atoms with van der Waals surface area (Å²) in [6.07, 6.45) is 6.08. The number of amides is 1. The van der Waals surface area contributed by atoms with Crippen LogP contribution in [0.4, 0.5) is 14.5 Å². The maximum Gasteiger partial charge on any atom is 0.238 e. The summed E-state index contributed by atoms with van der Waals surface area (Å²) in [6, 6.07) is 7.69. The van der Waals surface area contributed by atoms with Crippen molar-refractivity contribution < 1.29 is 68.2 Å². The first-order chi connectivity index (χ1) is 18.0. The minimum atomic E-state index is -0.941. The Labute approximate surface area is 252 Å². The number of carbonyl (C=O) groups excluding carboxylic acids is 1. The number of hydrogen-bond donors (Lipinski definition) is 0. The molecule has 3 aliphatic rings. The molecule has 1 aromatic carbocycles. The molecule has 200 valence electrons. The first-order valence-corrected chi connectivity index (χ1v) is 11.9. The number of ether oxygens (including phenoxy) is 3. The van der Waals surface area contributed by atoms with Crippen LogP contribution in [-0.2, 0) is 21.5 Å². The van der Waals surface area contributed by atoms with Crippen LogP contribution in [0.5, 0.6) is 11.5 Å². The average Bonchev–Trinajstić information content (AvgIpc) is 3.75. The van der Waals surface area contributed by atoms with Crippen LogP contribution in [0, 0.1) is 58.1 Å². The maximum absolute atomic E-state index is 15.1. The SMILES string of the molecule is C1COCC[N-]1.COc1cc(OC)c(F)c(N2Cc3cnc(-c4c[c-]cnc4)cc3C3(CC3)C2=O)c1F.[Sm]. The van der Waals surface area contributed by atoms with Gasteiger partial charge < -0.3 is 29.4 Å². The molecule has 0 atom stereocenters. The molecule has 4 heterocycles. The molecule has 2 aliphatic heterocycles. The van der Waals surface area contributed by atoms with Gasteiger partial charge in [-0.15, -0.1) is 18.7 Å². The summed E-state index contributed by atoms with van der Waals surface area (Å²) in [5.41, 5.74) is 1.77. The first kappa shape index (κ1) is 28.7. The van der Waals surface area contributed by atoms with E-state index >= 15 is 8.78 Å². The molecule has 2 fully saturated rings. The zero-order chi connectivity index (χ0) is 26.0. The van der Waals surface area contributed by atoms with Crippen LogP contribution in [0.2, 0.25) is 0 Å². The van der Waals surface area contributed by atoms with Gasteiger partial charge in [0.15, 0.2) is 23.1 Å². The number of nitrogens with zero attached hydrogens (tertiary/aromatic N) is 4. The Bertz CT molecular complexity index is 1260. The van der Waals surface area contributed by atoms with Crippen molar-refractivity contribution in [3.8, 4) is 22.8 Å². The van der Waals surface area contributed by atoms with Gasteiger partial charge in [-0.3, -0.25) is 9.78 Å². The van der Waals surface area contributed by atoms with Crippen LogP contribution in [-0.4, -0.2) is 56.4 Å². The molecule has 1 spiro atoms. The van der Waals surface area contributed by atoms with E-state index in [4.69, 9.17) is 14.2 Å². The molecule has 0 unspecified atom stereocenters. The van der Waals surface area contributed by atoms with Gasteiger partial charge in [-0.25, -0.2) is 20.9 Å². The van der Waals surface area contributed by atoms with Gasteiger partial charge in [-0.1, -0.05) is 6.20 Å². The average molecular weight is 659 g/mol. The van der Waals surface area contributed by atoms with Crippen LogP contribution in [0.25, 0.3) is 16.6 Å². The van der Waals surface area contributed by atoms with Crippen molar-refractivity contribution in [1.29, 1.82) is 0 Å². The number of benzene rings is 1. The van der Waals surface area contributed by atoms with Crippen molar-refractivity contribution in [2.45, 2.75) is 24.8 Å². The summed E-state index contributed by atoms with van der Waals surface area (Å²) in [4.78, 5) is 23.2. The van der Waals surface area contributed by atoms with Gasteiger partial charge in [0.2, 0.25) is 5.91 Å². The second kappa shape index (κ2) is 12.3. The van der Waals surface area contributed by atoms with Gasteiger partial charge in [0.25, 0.3) is 0 Å². The molecule has 3 aromatic rings. The number of anilines is 1. The number of morpholine rings is 1. The number of fused-ring (bicyclic) bond motifs is 2. The molecule has 0 bridgehead atoms. The third-order valence-electron chi connectivity index (χ3n) is 6.74. The topological polar surface area (TPSA) is 87.9 Å². The number of pyridine rings is 2. The van der Waals surface area contributed by atoms with Gasteiger partial charge in [0, 0.05) is 65.9 Å². The molecule has 6 rings (SSSR count). The van der Waals surface area contributed by atoms with E-state index in [1.807, 2.05) is 6.07 Å². The normalized spacial score (nSPS) is 17.1. The van der Waals surface area contributed by atoms with E-state index in [9.17, 15) is 4.79 Å². The molecule has 0 N–H and O–H groups in total. The monoisotopic (exact) mass is 660 g/mol. The molecular formula is C27H26F2N4O4Sm-2. The predicted octanol–water partition coefficient (Wildman–Crippen LogP) is 4.21. The Morgan fingerprint density at radius 1 is 1.08 bits per heavy atom. The Balaban J connectivity index is 0.000000425. The molecule has 8 nitrogen and oxygen atoms in total. The Morgan fingerprint density at radius 3 is 2.26 bits per heavy atom. The fourth-order valence-electron chi connectivity index (χ4n) is 4.66. The Morgan fingerprint density at radius 2 is 1.76 bits per heavy atom. The van der Waals surface area contributed by atoms with Crippen molar-refractivity contribution in [1.82, 2.24) is 9.97 Å². The van der Waals surface area contributed by atoms with Gasteiger partial charge in [-0.05, 0) is 41.9 Å². The number of aromatic nitrogens is 2. The van der Waals surface area contributed by atoms with Crippen LogP contribution in [0.3, 0.4) is 0 Å². The smallest absolute Gasteiger partial charge is 0.238 e. The maximum atomic E-state index is 15.1. The first-order valence-electron chi connectivity index (χ1n) is 11.9. The number of methoxy groups -OCH3 is 2. The van der Waals surface area contributed by atoms with Crippen molar-refractivity contribution in [2.24, 2.45) is 0 Å². The number of rotatable bonds is 4. The molecule has 1 saturated heterocycles. The summed E-state index contributed by atoms with van der Waals surface area (Å²) in [5.74, 6) is -2.62. The Kier molecular flexibility index (Phi) is 9.26. The van der Waals surface area contributed by atoms with Crippen LogP contribution in [0.1, 0.15) is 24.0 Å².